The average Bonchev–Trinajstić information content (AvgIpc) is 2.64. The van der Waals surface area contributed by atoms with Gasteiger partial charge in [0.05, 0.1) is 6.42 Å². The maximum atomic E-state index is 11.4. The number of nitrogens with zero attached hydrogens (tertiary/aromatic N) is 2. The van der Waals surface area contributed by atoms with Crippen LogP contribution in [0.1, 0.15) is 25.7 Å². The first-order valence-electron chi connectivity index (χ1n) is 8.64. The third-order valence-corrected chi connectivity index (χ3v) is 3.20. The molecule has 0 saturated heterocycles. The Bertz CT molecular complexity index is 520. The molecule has 2 amide bonds. The number of amides is 2. The summed E-state index contributed by atoms with van der Waals surface area (Å²) in [6.07, 6.45) is 5.97. The fourth-order valence-electron chi connectivity index (χ4n) is 1.92. The van der Waals surface area contributed by atoms with Gasteiger partial charge in [-0.3, -0.25) is 14.4 Å². The van der Waals surface area contributed by atoms with Gasteiger partial charge in [-0.2, -0.15) is 0 Å². The van der Waals surface area contributed by atoms with Gasteiger partial charge in [-0.15, -0.1) is 26.3 Å². The summed E-state index contributed by atoms with van der Waals surface area (Å²) in [5.74, 6) is -2.59. The van der Waals surface area contributed by atoms with Gasteiger partial charge in [-0.1, -0.05) is 24.3 Å². The molecule has 0 bridgehead atoms. The first kappa shape index (κ1) is 43.9. The molecule has 0 aliphatic carbocycles. The van der Waals surface area contributed by atoms with E-state index in [-0.39, 0.29) is 89.1 Å². The molecule has 0 aliphatic heterocycles. The summed E-state index contributed by atoms with van der Waals surface area (Å²) in [6, 6.07) is 0. The number of rotatable bonds is 14. The Labute approximate surface area is 216 Å². The first-order chi connectivity index (χ1) is 13.2. The van der Waals surface area contributed by atoms with Crippen LogP contribution in [-0.2, 0) is 19.2 Å². The molecule has 0 aromatic carbocycles. The Kier molecular flexibility index (Phi) is 39.8. The second kappa shape index (κ2) is 29.1. The number of carbonyl (C=O) groups excluding carboxylic acids is 3. The molecule has 0 spiro atoms. The maximum Gasteiger partial charge on any atom is 1.00 e. The van der Waals surface area contributed by atoms with Crippen LogP contribution in [0.15, 0.2) is 50.6 Å². The SMILES string of the molecule is C=CCN(CC=C)C(=O)CCC(=O)O.C=CCN(CC=C)C(=O)CCC(=O)[O-].[B].[Li+].[Li+].[OH-]. The third-order valence-electron chi connectivity index (χ3n) is 3.20. The van der Waals surface area contributed by atoms with E-state index in [0.717, 1.165) is 0 Å². The molecule has 2 N–H and O–H groups in total. The zero-order chi connectivity index (χ0) is 21.9. The molecule has 3 radical (unpaired) electrons. The van der Waals surface area contributed by atoms with Gasteiger partial charge in [0.25, 0.3) is 0 Å². The van der Waals surface area contributed by atoms with E-state index in [1.165, 1.54) is 9.80 Å². The summed E-state index contributed by atoms with van der Waals surface area (Å²) in [5, 5.41) is 18.5. The van der Waals surface area contributed by atoms with Gasteiger partial charge < -0.3 is 30.3 Å². The Morgan fingerprint density at radius 3 is 1.19 bits per heavy atom. The van der Waals surface area contributed by atoms with E-state index in [1.807, 2.05) is 0 Å². The molecule has 0 aromatic heterocycles. The van der Waals surface area contributed by atoms with Crippen molar-refractivity contribution in [3.63, 3.8) is 0 Å². The quantitative estimate of drug-likeness (QED) is 0.211. The van der Waals surface area contributed by atoms with Crippen molar-refractivity contribution >= 4 is 32.2 Å². The van der Waals surface area contributed by atoms with E-state index in [2.05, 4.69) is 26.3 Å². The van der Waals surface area contributed by atoms with Gasteiger partial charge in [0.1, 0.15) is 0 Å². The van der Waals surface area contributed by atoms with Gasteiger partial charge in [0.2, 0.25) is 11.8 Å². The van der Waals surface area contributed by atoms with Gasteiger partial charge in [-0.25, -0.2) is 0 Å². The normalized spacial score (nSPS) is 8.00. The van der Waals surface area contributed by atoms with Crippen LogP contribution in [0.3, 0.4) is 0 Å². The van der Waals surface area contributed by atoms with Gasteiger partial charge in [0.15, 0.2) is 0 Å². The first-order valence-corrected chi connectivity index (χ1v) is 8.64. The Morgan fingerprint density at radius 1 is 0.688 bits per heavy atom. The minimum absolute atomic E-state index is 0. The van der Waals surface area contributed by atoms with Crippen LogP contribution in [0.25, 0.3) is 0 Å². The Hall–Kier alpha value is -1.94. The van der Waals surface area contributed by atoms with E-state index in [1.54, 1.807) is 24.3 Å². The monoisotopic (exact) mass is 435 g/mol. The van der Waals surface area contributed by atoms with Crippen LogP contribution in [0.2, 0.25) is 0 Å². The average molecular weight is 435 g/mol. The number of hydrogen-bond acceptors (Lipinski definition) is 6. The van der Waals surface area contributed by atoms with Crippen molar-refractivity contribution in [1.82, 2.24) is 9.80 Å². The molecule has 167 valence electrons. The number of aliphatic carboxylic acids is 2. The molecule has 0 fully saturated rings. The minimum Gasteiger partial charge on any atom is -0.870 e. The predicted octanol–water partition coefficient (Wildman–Crippen LogP) is -5.78. The van der Waals surface area contributed by atoms with Crippen molar-refractivity contribution in [1.29, 1.82) is 0 Å². The predicted molar refractivity (Wildman–Crippen MR) is 113 cm³/mol. The molecular weight excluding hydrogens is 405 g/mol. The molecule has 0 aromatic rings. The zero-order valence-electron chi connectivity index (χ0n) is 19.2. The third kappa shape index (κ3) is 26.1. The van der Waals surface area contributed by atoms with E-state index in [4.69, 9.17) is 5.11 Å². The van der Waals surface area contributed by atoms with E-state index < -0.39 is 11.9 Å². The smallest absolute Gasteiger partial charge is 0.870 e. The molecule has 0 atom stereocenters. The van der Waals surface area contributed by atoms with Gasteiger partial charge in [0, 0.05) is 53.4 Å². The second-order valence-electron chi connectivity index (χ2n) is 5.52. The minimum atomic E-state index is -1.21. The van der Waals surface area contributed by atoms with Crippen molar-refractivity contribution in [2.45, 2.75) is 25.7 Å². The van der Waals surface area contributed by atoms with Crippen molar-refractivity contribution in [2.24, 2.45) is 0 Å². The molecule has 0 heterocycles. The van der Waals surface area contributed by atoms with E-state index in [0.29, 0.717) is 26.2 Å². The fraction of sp³-hybridized carbons (Fsp3) is 0.400. The van der Waals surface area contributed by atoms with E-state index >= 15 is 0 Å². The van der Waals surface area contributed by atoms with E-state index in [9.17, 15) is 24.3 Å². The summed E-state index contributed by atoms with van der Waals surface area (Å²) < 4.78 is 0. The van der Waals surface area contributed by atoms with Crippen LogP contribution >= 0.6 is 0 Å². The number of carboxylic acid groups (broad SMARTS) is 2. The summed E-state index contributed by atoms with van der Waals surface area (Å²) in [7, 11) is 0. The second-order valence-corrected chi connectivity index (χ2v) is 5.52. The number of hydrogen-bond donors (Lipinski definition) is 1. The summed E-state index contributed by atoms with van der Waals surface area (Å²) in [6.45, 7) is 15.7. The van der Waals surface area contributed by atoms with Crippen LogP contribution in [0, 0.1) is 0 Å². The molecule has 9 nitrogen and oxygen atoms in total. The maximum absolute atomic E-state index is 11.4. The number of carbonyl (C=O) groups is 4. The number of carboxylic acids is 2. The standard InChI is InChI=1S/2C10H15NO3.B.2Li.H2O/c2*1-3-7-11(8-4-2)9(12)5-6-10(13)14;;;;/h2*3-4H,1-2,5-8H2,(H,13,14);;;;1H2/q;;;2*+1;/p-2. The van der Waals surface area contributed by atoms with Gasteiger partial charge >= 0.3 is 43.7 Å². The Morgan fingerprint density at radius 2 is 0.969 bits per heavy atom. The van der Waals surface area contributed by atoms with Crippen molar-refractivity contribution < 1.29 is 72.6 Å². The van der Waals surface area contributed by atoms with Crippen molar-refractivity contribution in [3.05, 3.63) is 50.6 Å². The molecule has 32 heavy (non-hydrogen) atoms. The van der Waals surface area contributed by atoms with Crippen molar-refractivity contribution in [3.8, 4) is 0 Å². The van der Waals surface area contributed by atoms with Crippen LogP contribution < -0.4 is 42.8 Å². The summed E-state index contributed by atoms with van der Waals surface area (Å²) >= 11 is 0. The molecule has 0 unspecified atom stereocenters. The summed E-state index contributed by atoms with van der Waals surface area (Å²) in [4.78, 5) is 46.1. The largest absolute Gasteiger partial charge is 1.00 e. The molecule has 0 saturated carbocycles. The summed E-state index contributed by atoms with van der Waals surface area (Å²) in [5.41, 5.74) is 0. The van der Waals surface area contributed by atoms with Crippen LogP contribution in [0.5, 0.6) is 0 Å². The van der Waals surface area contributed by atoms with Crippen LogP contribution in [-0.4, -0.2) is 78.7 Å². The van der Waals surface area contributed by atoms with Gasteiger partial charge in [-0.05, 0) is 6.42 Å². The molecule has 12 heteroatoms. The topological polar surface area (TPSA) is 148 Å². The van der Waals surface area contributed by atoms with Crippen molar-refractivity contribution in [2.75, 3.05) is 26.2 Å². The molecular formula is C20H30BLi2N2O7. The van der Waals surface area contributed by atoms with Crippen LogP contribution in [0.4, 0.5) is 0 Å². The fourth-order valence-corrected chi connectivity index (χ4v) is 1.92. The zero-order valence-corrected chi connectivity index (χ0v) is 19.2. The Balaban J connectivity index is -0.0000000939. The molecule has 0 rings (SSSR count). The molecule has 0 aliphatic rings.